The van der Waals surface area contributed by atoms with Crippen LogP contribution in [0.4, 0.5) is 5.69 Å². The highest BCUT2D eigenvalue weighted by Gasteiger charge is 2.22. The Labute approximate surface area is 177 Å². The minimum absolute atomic E-state index is 0.114. The van der Waals surface area contributed by atoms with Crippen LogP contribution in [0.2, 0.25) is 15.1 Å². The van der Waals surface area contributed by atoms with Crippen LogP contribution in [0.15, 0.2) is 40.8 Å². The number of halogens is 3. The molecule has 1 aliphatic heterocycles. The molecule has 2 aromatic carbocycles. The van der Waals surface area contributed by atoms with E-state index in [4.69, 9.17) is 44.3 Å². The highest BCUT2D eigenvalue weighted by atomic mass is 35.5. The molecule has 3 aromatic rings. The van der Waals surface area contributed by atoms with E-state index < -0.39 is 5.97 Å². The largest absolute Gasteiger partial charge is 0.475 e. The number of carbonyl (C=O) groups is 1. The summed E-state index contributed by atoms with van der Waals surface area (Å²) in [5.41, 5.74) is 2.37. The van der Waals surface area contributed by atoms with Crippen molar-refractivity contribution < 1.29 is 14.3 Å². The molecule has 8 heteroatoms. The average Bonchev–Trinajstić information content (AvgIpc) is 3.12. The van der Waals surface area contributed by atoms with E-state index in [0.29, 0.717) is 21.0 Å². The smallest absolute Gasteiger partial charge is 0.371 e. The van der Waals surface area contributed by atoms with Gasteiger partial charge in [-0.1, -0.05) is 34.8 Å². The summed E-state index contributed by atoms with van der Waals surface area (Å²) in [6.45, 7) is 4.04. The summed E-state index contributed by atoms with van der Waals surface area (Å²) in [6.07, 6.45) is 0. The molecule has 0 unspecified atom stereocenters. The average molecular weight is 440 g/mol. The lowest BCUT2D eigenvalue weighted by molar-refractivity contribution is 0.0665. The lowest BCUT2D eigenvalue weighted by Gasteiger charge is -2.36. The van der Waals surface area contributed by atoms with E-state index >= 15 is 0 Å². The molecule has 0 atom stereocenters. The fraction of sp³-hybridized carbons (Fsp3) is 0.250. The van der Waals surface area contributed by atoms with Crippen LogP contribution in [0.1, 0.15) is 16.1 Å². The SMILES string of the molecule is O=C(O)c1cc2c(Cl)c(N3CCN(Cc4cc(Cl)ccc4Cl)CC3)ccc2o1. The molecule has 0 aliphatic carbocycles. The fourth-order valence-corrected chi connectivity index (χ4v) is 4.17. The summed E-state index contributed by atoms with van der Waals surface area (Å²) in [5.74, 6) is -1.22. The zero-order chi connectivity index (χ0) is 19.8. The van der Waals surface area contributed by atoms with Crippen molar-refractivity contribution in [1.29, 1.82) is 0 Å². The van der Waals surface area contributed by atoms with Crippen molar-refractivity contribution in [3.8, 4) is 0 Å². The Morgan fingerprint density at radius 3 is 2.50 bits per heavy atom. The first-order valence-electron chi connectivity index (χ1n) is 8.79. The first kappa shape index (κ1) is 19.4. The van der Waals surface area contributed by atoms with Crippen molar-refractivity contribution in [1.82, 2.24) is 4.90 Å². The van der Waals surface area contributed by atoms with Crippen molar-refractivity contribution in [2.24, 2.45) is 0 Å². The zero-order valence-electron chi connectivity index (χ0n) is 14.8. The molecule has 0 bridgehead atoms. The molecule has 1 saturated heterocycles. The molecule has 1 N–H and O–H groups in total. The van der Waals surface area contributed by atoms with Crippen molar-refractivity contribution >= 4 is 57.4 Å². The van der Waals surface area contributed by atoms with Crippen molar-refractivity contribution in [3.63, 3.8) is 0 Å². The number of nitrogens with zero attached hydrogens (tertiary/aromatic N) is 2. The van der Waals surface area contributed by atoms with E-state index in [1.165, 1.54) is 6.07 Å². The molecule has 1 aromatic heterocycles. The van der Waals surface area contributed by atoms with Gasteiger partial charge >= 0.3 is 5.97 Å². The minimum atomic E-state index is -1.11. The van der Waals surface area contributed by atoms with Gasteiger partial charge in [0, 0.05) is 54.2 Å². The number of carboxylic acid groups (broad SMARTS) is 1. The maximum Gasteiger partial charge on any atom is 0.371 e. The predicted octanol–water partition coefficient (Wildman–Crippen LogP) is 5.41. The normalized spacial score (nSPS) is 15.3. The maximum atomic E-state index is 11.1. The number of anilines is 1. The van der Waals surface area contributed by atoms with Crippen molar-refractivity contribution in [2.45, 2.75) is 6.54 Å². The topological polar surface area (TPSA) is 56.9 Å². The highest BCUT2D eigenvalue weighted by Crippen LogP contribution is 2.36. The summed E-state index contributed by atoms with van der Waals surface area (Å²) < 4.78 is 5.32. The second-order valence-electron chi connectivity index (χ2n) is 6.73. The van der Waals surface area contributed by atoms with Crippen LogP contribution in [0.25, 0.3) is 11.0 Å². The van der Waals surface area contributed by atoms with Crippen LogP contribution in [0, 0.1) is 0 Å². The van der Waals surface area contributed by atoms with Gasteiger partial charge in [0.05, 0.1) is 10.7 Å². The predicted molar refractivity (Wildman–Crippen MR) is 112 cm³/mol. The first-order chi connectivity index (χ1) is 13.4. The van der Waals surface area contributed by atoms with Crippen LogP contribution in [-0.4, -0.2) is 42.2 Å². The van der Waals surface area contributed by atoms with Gasteiger partial charge < -0.3 is 14.4 Å². The summed E-state index contributed by atoms with van der Waals surface area (Å²) in [5, 5.41) is 11.6. The Kier molecular flexibility index (Phi) is 5.43. The van der Waals surface area contributed by atoms with Crippen molar-refractivity contribution in [2.75, 3.05) is 31.1 Å². The molecular weight excluding hydrogens is 423 g/mol. The Morgan fingerprint density at radius 2 is 1.79 bits per heavy atom. The summed E-state index contributed by atoms with van der Waals surface area (Å²) >= 11 is 18.9. The summed E-state index contributed by atoms with van der Waals surface area (Å²) in [6, 6.07) is 10.6. The molecule has 1 fully saturated rings. The van der Waals surface area contributed by atoms with Gasteiger partial charge in [-0.3, -0.25) is 4.90 Å². The van der Waals surface area contributed by atoms with Crippen LogP contribution in [-0.2, 0) is 6.54 Å². The summed E-state index contributed by atoms with van der Waals surface area (Å²) in [7, 11) is 0. The van der Waals surface area contributed by atoms with E-state index in [-0.39, 0.29) is 5.76 Å². The fourth-order valence-electron chi connectivity index (χ4n) is 3.47. The van der Waals surface area contributed by atoms with Gasteiger partial charge in [-0.2, -0.15) is 0 Å². The number of rotatable bonds is 4. The third-order valence-corrected chi connectivity index (χ3v) is 5.94. The standard InChI is InChI=1S/C20H17Cl3N2O3/c21-13-1-2-15(22)12(9-13)11-24-5-7-25(8-6-24)16-3-4-17-14(19(16)23)10-18(28-17)20(26)27/h1-4,9-10H,5-8,11H2,(H,26,27). The second-order valence-corrected chi connectivity index (χ2v) is 7.95. The molecule has 1 aliphatic rings. The third kappa shape index (κ3) is 3.80. The van der Waals surface area contributed by atoms with Gasteiger partial charge in [0.1, 0.15) is 5.58 Å². The third-order valence-electron chi connectivity index (χ3n) is 4.94. The van der Waals surface area contributed by atoms with E-state index in [2.05, 4.69) is 9.80 Å². The van der Waals surface area contributed by atoms with Crippen LogP contribution < -0.4 is 4.90 Å². The number of benzene rings is 2. The molecular formula is C20H17Cl3N2O3. The second kappa shape index (κ2) is 7.84. The Hall–Kier alpha value is -1.92. The number of hydrogen-bond acceptors (Lipinski definition) is 4. The molecule has 146 valence electrons. The number of aromatic carboxylic acids is 1. The lowest BCUT2D eigenvalue weighted by atomic mass is 10.1. The Bertz CT molecular complexity index is 1040. The van der Waals surface area contributed by atoms with Gasteiger partial charge in [-0.25, -0.2) is 4.79 Å². The number of carboxylic acids is 1. The van der Waals surface area contributed by atoms with Gasteiger partial charge in [-0.15, -0.1) is 0 Å². The van der Waals surface area contributed by atoms with Crippen molar-refractivity contribution in [3.05, 3.63) is 62.8 Å². The van der Waals surface area contributed by atoms with E-state index in [0.717, 1.165) is 49.0 Å². The minimum Gasteiger partial charge on any atom is -0.475 e. The van der Waals surface area contributed by atoms with Gasteiger partial charge in [0.2, 0.25) is 5.76 Å². The Balaban J connectivity index is 1.48. The number of fused-ring (bicyclic) bond motifs is 1. The number of furan rings is 1. The van der Waals surface area contributed by atoms with Crippen LogP contribution >= 0.6 is 34.8 Å². The molecule has 2 heterocycles. The molecule has 0 amide bonds. The zero-order valence-corrected chi connectivity index (χ0v) is 17.1. The Morgan fingerprint density at radius 1 is 1.04 bits per heavy atom. The molecule has 28 heavy (non-hydrogen) atoms. The molecule has 5 nitrogen and oxygen atoms in total. The van der Waals surface area contributed by atoms with Gasteiger partial charge in [0.25, 0.3) is 0 Å². The molecule has 0 saturated carbocycles. The van der Waals surface area contributed by atoms with E-state index in [1.54, 1.807) is 12.1 Å². The summed E-state index contributed by atoms with van der Waals surface area (Å²) in [4.78, 5) is 15.6. The van der Waals surface area contributed by atoms with Gasteiger partial charge in [-0.05, 0) is 35.9 Å². The molecule has 0 spiro atoms. The monoisotopic (exact) mass is 438 g/mol. The number of hydrogen-bond donors (Lipinski definition) is 1. The number of piperazine rings is 1. The van der Waals surface area contributed by atoms with Gasteiger partial charge in [0.15, 0.2) is 0 Å². The van der Waals surface area contributed by atoms with Crippen LogP contribution in [0.5, 0.6) is 0 Å². The van der Waals surface area contributed by atoms with Crippen LogP contribution in [0.3, 0.4) is 0 Å². The first-order valence-corrected chi connectivity index (χ1v) is 9.92. The van der Waals surface area contributed by atoms with E-state index in [1.807, 2.05) is 18.2 Å². The molecule has 0 radical (unpaired) electrons. The molecule has 4 rings (SSSR count). The quantitative estimate of drug-likeness (QED) is 0.589. The highest BCUT2D eigenvalue weighted by molar-refractivity contribution is 6.38. The van der Waals surface area contributed by atoms with E-state index in [9.17, 15) is 4.79 Å². The lowest BCUT2D eigenvalue weighted by Crippen LogP contribution is -2.46. The maximum absolute atomic E-state index is 11.1.